The van der Waals surface area contributed by atoms with Gasteiger partial charge in [-0.3, -0.25) is 0 Å². The van der Waals surface area contributed by atoms with Crippen LogP contribution in [-0.2, 0) is 10.0 Å². The van der Waals surface area contributed by atoms with Crippen molar-refractivity contribution < 1.29 is 13.2 Å². The van der Waals surface area contributed by atoms with Crippen LogP contribution in [0.5, 0.6) is 5.75 Å². The van der Waals surface area contributed by atoms with Crippen LogP contribution in [0.1, 0.15) is 13.3 Å². The molecule has 6 heteroatoms. The predicted molar refractivity (Wildman–Crippen MR) is 66.2 cm³/mol. The molecule has 0 aliphatic heterocycles. The summed E-state index contributed by atoms with van der Waals surface area (Å²) in [5.74, 6) is 0.540. The van der Waals surface area contributed by atoms with Gasteiger partial charge in [0.15, 0.2) is 0 Å². The van der Waals surface area contributed by atoms with E-state index in [9.17, 15) is 8.42 Å². The first kappa shape index (κ1) is 13.5. The van der Waals surface area contributed by atoms with Gasteiger partial charge in [-0.05, 0) is 41.5 Å². The number of nitrogens with one attached hydrogen (secondary N) is 1. The van der Waals surface area contributed by atoms with Gasteiger partial charge >= 0.3 is 0 Å². The number of sulfonamides is 1. The smallest absolute Gasteiger partial charge is 0.240 e. The van der Waals surface area contributed by atoms with Gasteiger partial charge in [0.2, 0.25) is 10.0 Å². The average molecular weight is 308 g/mol. The zero-order chi connectivity index (χ0) is 12.2. The Morgan fingerprint density at radius 3 is 2.69 bits per heavy atom. The number of hydrogen-bond donors (Lipinski definition) is 1. The van der Waals surface area contributed by atoms with Crippen molar-refractivity contribution in [3.8, 4) is 5.75 Å². The lowest BCUT2D eigenvalue weighted by atomic mass is 10.3. The molecule has 16 heavy (non-hydrogen) atoms. The molecule has 0 spiro atoms. The third-order valence-electron chi connectivity index (χ3n) is 1.94. The van der Waals surface area contributed by atoms with Gasteiger partial charge in [-0.2, -0.15) is 0 Å². The summed E-state index contributed by atoms with van der Waals surface area (Å²) in [5.41, 5.74) is 0. The fourth-order valence-electron chi connectivity index (χ4n) is 1.09. The topological polar surface area (TPSA) is 55.4 Å². The molecule has 4 nitrogen and oxygen atoms in total. The molecule has 0 fully saturated rings. The maximum atomic E-state index is 11.6. The Labute approximate surface area is 104 Å². The molecule has 0 radical (unpaired) electrons. The van der Waals surface area contributed by atoms with Crippen LogP contribution in [0.25, 0.3) is 0 Å². The molecule has 0 atom stereocenters. The first-order valence-electron chi connectivity index (χ1n) is 4.87. The van der Waals surface area contributed by atoms with E-state index in [2.05, 4.69) is 20.7 Å². The molecule has 0 aliphatic carbocycles. The summed E-state index contributed by atoms with van der Waals surface area (Å²) in [6.45, 7) is 2.55. The van der Waals surface area contributed by atoms with Gasteiger partial charge in [0.05, 0.1) is 16.0 Å². The SMILES string of the molecule is CCCOc1cc(S(=O)(=O)NC)ccc1Br. The molecule has 1 aromatic rings. The van der Waals surface area contributed by atoms with Crippen molar-refractivity contribution in [1.82, 2.24) is 4.72 Å². The lowest BCUT2D eigenvalue weighted by Crippen LogP contribution is -2.18. The van der Waals surface area contributed by atoms with E-state index < -0.39 is 10.0 Å². The zero-order valence-electron chi connectivity index (χ0n) is 9.16. The molecular weight excluding hydrogens is 294 g/mol. The summed E-state index contributed by atoms with van der Waals surface area (Å²) in [5, 5.41) is 0. The summed E-state index contributed by atoms with van der Waals surface area (Å²) in [7, 11) is -2.03. The minimum absolute atomic E-state index is 0.198. The second-order valence-electron chi connectivity index (χ2n) is 3.15. The summed E-state index contributed by atoms with van der Waals surface area (Å²) in [6, 6.07) is 4.69. The van der Waals surface area contributed by atoms with Crippen LogP contribution in [0.3, 0.4) is 0 Å². The van der Waals surface area contributed by atoms with Crippen LogP contribution in [0, 0.1) is 0 Å². The maximum Gasteiger partial charge on any atom is 0.240 e. The molecule has 0 heterocycles. The number of benzene rings is 1. The highest BCUT2D eigenvalue weighted by Crippen LogP contribution is 2.27. The average Bonchev–Trinajstić information content (AvgIpc) is 2.27. The minimum Gasteiger partial charge on any atom is -0.492 e. The third-order valence-corrected chi connectivity index (χ3v) is 4.01. The Hall–Kier alpha value is -0.590. The van der Waals surface area contributed by atoms with Gasteiger partial charge in [-0.1, -0.05) is 6.92 Å². The summed E-state index contributed by atoms with van der Waals surface area (Å²) in [4.78, 5) is 0.198. The number of hydrogen-bond acceptors (Lipinski definition) is 3. The van der Waals surface area contributed by atoms with E-state index in [1.807, 2.05) is 6.92 Å². The fourth-order valence-corrected chi connectivity index (χ4v) is 2.20. The second-order valence-corrected chi connectivity index (χ2v) is 5.89. The van der Waals surface area contributed by atoms with Crippen LogP contribution in [-0.4, -0.2) is 22.1 Å². The largest absolute Gasteiger partial charge is 0.492 e. The van der Waals surface area contributed by atoms with Crippen LogP contribution in [0.4, 0.5) is 0 Å². The van der Waals surface area contributed by atoms with Gasteiger partial charge in [-0.15, -0.1) is 0 Å². The number of ether oxygens (including phenoxy) is 1. The van der Waals surface area contributed by atoms with Crippen LogP contribution < -0.4 is 9.46 Å². The quantitative estimate of drug-likeness (QED) is 0.907. The number of rotatable bonds is 5. The van der Waals surface area contributed by atoms with E-state index in [1.165, 1.54) is 19.2 Å². The van der Waals surface area contributed by atoms with Gasteiger partial charge in [0.25, 0.3) is 0 Å². The van der Waals surface area contributed by atoms with Crippen LogP contribution in [0.2, 0.25) is 0 Å². The normalized spacial score (nSPS) is 11.4. The molecule has 0 saturated carbocycles. The molecule has 90 valence electrons. The Bertz CT molecular complexity index is 459. The lowest BCUT2D eigenvalue weighted by molar-refractivity contribution is 0.314. The second kappa shape index (κ2) is 5.65. The molecule has 0 unspecified atom stereocenters. The van der Waals surface area contributed by atoms with Crippen molar-refractivity contribution in [3.63, 3.8) is 0 Å². The minimum atomic E-state index is -3.41. The highest BCUT2D eigenvalue weighted by atomic mass is 79.9. The maximum absolute atomic E-state index is 11.6. The first-order chi connectivity index (χ1) is 7.51. The van der Waals surface area contributed by atoms with Crippen molar-refractivity contribution in [2.45, 2.75) is 18.2 Å². The monoisotopic (exact) mass is 307 g/mol. The van der Waals surface area contributed by atoms with Crippen LogP contribution >= 0.6 is 15.9 Å². The van der Waals surface area contributed by atoms with Gasteiger partial charge < -0.3 is 4.74 Å². The highest BCUT2D eigenvalue weighted by Gasteiger charge is 2.13. The van der Waals surface area contributed by atoms with E-state index in [-0.39, 0.29) is 4.90 Å². The van der Waals surface area contributed by atoms with E-state index >= 15 is 0 Å². The Balaban J connectivity index is 3.07. The van der Waals surface area contributed by atoms with Crippen molar-refractivity contribution in [2.24, 2.45) is 0 Å². The highest BCUT2D eigenvalue weighted by molar-refractivity contribution is 9.10. The Morgan fingerprint density at radius 2 is 2.12 bits per heavy atom. The standard InChI is InChI=1S/C10H14BrNO3S/c1-3-6-15-10-7-8(4-5-9(10)11)16(13,14)12-2/h4-5,7,12H,3,6H2,1-2H3. The van der Waals surface area contributed by atoms with Crippen LogP contribution in [0.15, 0.2) is 27.6 Å². The first-order valence-corrected chi connectivity index (χ1v) is 7.14. The molecular formula is C10H14BrNO3S. The summed E-state index contributed by atoms with van der Waals surface area (Å²) < 4.78 is 31.5. The predicted octanol–water partition coefficient (Wildman–Crippen LogP) is 2.15. The third kappa shape index (κ3) is 3.20. The van der Waals surface area contributed by atoms with Crippen molar-refractivity contribution >= 4 is 26.0 Å². The van der Waals surface area contributed by atoms with Crippen molar-refractivity contribution in [2.75, 3.05) is 13.7 Å². The molecule has 0 aliphatic rings. The summed E-state index contributed by atoms with van der Waals surface area (Å²) >= 11 is 3.31. The lowest BCUT2D eigenvalue weighted by Gasteiger charge is -2.09. The van der Waals surface area contributed by atoms with Gasteiger partial charge in [0, 0.05) is 6.07 Å². The number of halogens is 1. The van der Waals surface area contributed by atoms with Gasteiger partial charge in [-0.25, -0.2) is 13.1 Å². The van der Waals surface area contributed by atoms with E-state index in [1.54, 1.807) is 6.07 Å². The Morgan fingerprint density at radius 1 is 1.44 bits per heavy atom. The fraction of sp³-hybridized carbons (Fsp3) is 0.400. The molecule has 0 bridgehead atoms. The molecule has 1 N–H and O–H groups in total. The molecule has 0 amide bonds. The Kier molecular flexibility index (Phi) is 4.76. The molecule has 0 saturated heterocycles. The van der Waals surface area contributed by atoms with E-state index in [0.717, 1.165) is 10.9 Å². The summed E-state index contributed by atoms with van der Waals surface area (Å²) in [6.07, 6.45) is 0.870. The van der Waals surface area contributed by atoms with Gasteiger partial charge in [0.1, 0.15) is 5.75 Å². The zero-order valence-corrected chi connectivity index (χ0v) is 11.6. The molecule has 1 rings (SSSR count). The molecule has 1 aromatic carbocycles. The van der Waals surface area contributed by atoms with Crippen molar-refractivity contribution in [3.05, 3.63) is 22.7 Å². The van der Waals surface area contributed by atoms with E-state index in [4.69, 9.17) is 4.74 Å². The van der Waals surface area contributed by atoms with E-state index in [0.29, 0.717) is 12.4 Å². The van der Waals surface area contributed by atoms with Crippen molar-refractivity contribution in [1.29, 1.82) is 0 Å². The molecule has 0 aromatic heterocycles.